The van der Waals surface area contributed by atoms with Crippen molar-refractivity contribution < 1.29 is 23.7 Å². The number of hydrogen-bond acceptors (Lipinski definition) is 5. The Bertz CT molecular complexity index is 710. The molecule has 1 amide bonds. The zero-order valence-corrected chi connectivity index (χ0v) is 14.8. The number of carbonyl (C=O) groups is 1. The van der Waals surface area contributed by atoms with Crippen LogP contribution in [0.1, 0.15) is 12.8 Å². The highest BCUT2D eigenvalue weighted by Gasteiger charge is 2.16. The van der Waals surface area contributed by atoms with Gasteiger partial charge in [0, 0.05) is 18.4 Å². The quantitative estimate of drug-likeness (QED) is 0.785. The predicted molar refractivity (Wildman–Crippen MR) is 98.0 cm³/mol. The molecule has 138 valence electrons. The molecule has 0 unspecified atom stereocenters. The Morgan fingerprint density at radius 3 is 2.65 bits per heavy atom. The number of nitrogens with one attached hydrogen (secondary N) is 1. The summed E-state index contributed by atoms with van der Waals surface area (Å²) in [7, 11) is 1.60. The van der Waals surface area contributed by atoms with Gasteiger partial charge in [0.15, 0.2) is 6.61 Å². The monoisotopic (exact) mass is 357 g/mol. The highest BCUT2D eigenvalue weighted by atomic mass is 16.5. The summed E-state index contributed by atoms with van der Waals surface area (Å²) < 4.78 is 21.8. The lowest BCUT2D eigenvalue weighted by atomic mass is 10.2. The van der Waals surface area contributed by atoms with Crippen molar-refractivity contribution in [3.8, 4) is 17.2 Å². The molecule has 0 spiro atoms. The zero-order valence-electron chi connectivity index (χ0n) is 14.8. The maximum absolute atomic E-state index is 12.1. The Balaban J connectivity index is 1.46. The van der Waals surface area contributed by atoms with Gasteiger partial charge in [0.25, 0.3) is 5.91 Å². The molecule has 1 fully saturated rings. The number of benzene rings is 2. The molecule has 3 rings (SSSR count). The smallest absolute Gasteiger partial charge is 0.262 e. The van der Waals surface area contributed by atoms with Gasteiger partial charge >= 0.3 is 0 Å². The Kier molecular flexibility index (Phi) is 6.33. The van der Waals surface area contributed by atoms with Gasteiger partial charge in [-0.2, -0.15) is 0 Å². The van der Waals surface area contributed by atoms with Crippen LogP contribution in [0.3, 0.4) is 0 Å². The van der Waals surface area contributed by atoms with E-state index in [4.69, 9.17) is 18.9 Å². The molecule has 1 heterocycles. The van der Waals surface area contributed by atoms with E-state index in [1.54, 1.807) is 37.4 Å². The molecule has 2 aromatic rings. The maximum atomic E-state index is 12.1. The Morgan fingerprint density at radius 2 is 1.92 bits per heavy atom. The van der Waals surface area contributed by atoms with Crippen molar-refractivity contribution in [3.05, 3.63) is 48.5 Å². The fourth-order valence-electron chi connectivity index (χ4n) is 2.65. The molecule has 0 aliphatic carbocycles. The molecule has 1 aliphatic rings. The van der Waals surface area contributed by atoms with Crippen LogP contribution in [0.25, 0.3) is 0 Å². The van der Waals surface area contributed by atoms with Crippen LogP contribution in [0.15, 0.2) is 48.5 Å². The fourth-order valence-corrected chi connectivity index (χ4v) is 2.65. The van der Waals surface area contributed by atoms with Crippen LogP contribution < -0.4 is 19.5 Å². The van der Waals surface area contributed by atoms with Crippen LogP contribution in [0, 0.1) is 0 Å². The average Bonchev–Trinajstić information content (AvgIpc) is 3.19. The van der Waals surface area contributed by atoms with E-state index in [9.17, 15) is 4.79 Å². The predicted octanol–water partition coefficient (Wildman–Crippen LogP) is 3.27. The Labute approximate surface area is 153 Å². The lowest BCUT2D eigenvalue weighted by Gasteiger charge is -2.13. The first-order chi connectivity index (χ1) is 12.7. The summed E-state index contributed by atoms with van der Waals surface area (Å²) >= 11 is 0. The minimum Gasteiger partial charge on any atom is -0.497 e. The second-order valence-electron chi connectivity index (χ2n) is 5.99. The van der Waals surface area contributed by atoms with E-state index in [0.717, 1.165) is 25.2 Å². The molecule has 6 heteroatoms. The summed E-state index contributed by atoms with van der Waals surface area (Å²) in [5, 5.41) is 2.80. The summed E-state index contributed by atoms with van der Waals surface area (Å²) in [4.78, 5) is 12.1. The minimum atomic E-state index is -0.239. The van der Waals surface area contributed by atoms with Crippen LogP contribution in [0.5, 0.6) is 17.2 Å². The van der Waals surface area contributed by atoms with Crippen molar-refractivity contribution in [1.82, 2.24) is 0 Å². The fraction of sp³-hybridized carbons (Fsp3) is 0.350. The standard InChI is InChI=1S/C20H23NO5/c1-23-16-7-9-17(10-8-16)26-14-20(22)21-15-4-2-5-18(12-15)25-13-19-6-3-11-24-19/h2,4-5,7-10,12,19H,3,6,11,13-14H2,1H3,(H,21,22)/t19-/m0/s1. The van der Waals surface area contributed by atoms with Gasteiger partial charge in [-0.15, -0.1) is 0 Å². The topological polar surface area (TPSA) is 66.0 Å². The lowest BCUT2D eigenvalue weighted by molar-refractivity contribution is -0.118. The molecule has 0 radical (unpaired) electrons. The van der Waals surface area contributed by atoms with Gasteiger partial charge in [0.1, 0.15) is 23.9 Å². The van der Waals surface area contributed by atoms with Crippen molar-refractivity contribution in [1.29, 1.82) is 0 Å². The second-order valence-corrected chi connectivity index (χ2v) is 5.99. The summed E-state index contributed by atoms with van der Waals surface area (Å²) in [6.07, 6.45) is 2.27. The third-order valence-corrected chi connectivity index (χ3v) is 4.01. The first-order valence-corrected chi connectivity index (χ1v) is 8.64. The summed E-state index contributed by atoms with van der Waals surface area (Å²) in [6.45, 7) is 1.25. The summed E-state index contributed by atoms with van der Waals surface area (Å²) in [6, 6.07) is 14.4. The highest BCUT2D eigenvalue weighted by Crippen LogP contribution is 2.20. The van der Waals surface area contributed by atoms with Crippen molar-refractivity contribution >= 4 is 11.6 Å². The molecule has 2 aromatic carbocycles. The van der Waals surface area contributed by atoms with Gasteiger partial charge in [-0.3, -0.25) is 4.79 Å². The van der Waals surface area contributed by atoms with Gasteiger partial charge < -0.3 is 24.3 Å². The number of carbonyl (C=O) groups excluding carboxylic acids is 1. The SMILES string of the molecule is COc1ccc(OCC(=O)Nc2cccc(OC[C@@H]3CCCO3)c2)cc1. The largest absolute Gasteiger partial charge is 0.497 e. The van der Waals surface area contributed by atoms with E-state index in [0.29, 0.717) is 23.8 Å². The van der Waals surface area contributed by atoms with Crippen molar-refractivity contribution in [3.63, 3.8) is 0 Å². The molecule has 0 bridgehead atoms. The molecule has 1 aliphatic heterocycles. The molecule has 26 heavy (non-hydrogen) atoms. The normalized spacial score (nSPS) is 16.1. The van der Waals surface area contributed by atoms with Gasteiger partial charge in [0.05, 0.1) is 13.2 Å². The van der Waals surface area contributed by atoms with E-state index >= 15 is 0 Å². The summed E-state index contributed by atoms with van der Waals surface area (Å²) in [5.41, 5.74) is 0.665. The number of amides is 1. The van der Waals surface area contributed by atoms with Crippen LogP contribution in [-0.4, -0.2) is 38.9 Å². The summed E-state index contributed by atoms with van der Waals surface area (Å²) in [5.74, 6) is 1.81. The number of hydrogen-bond donors (Lipinski definition) is 1. The van der Waals surface area contributed by atoms with Crippen LogP contribution in [0.2, 0.25) is 0 Å². The molecule has 6 nitrogen and oxygen atoms in total. The van der Waals surface area contributed by atoms with E-state index < -0.39 is 0 Å². The van der Waals surface area contributed by atoms with Gasteiger partial charge in [-0.05, 0) is 49.2 Å². The van der Waals surface area contributed by atoms with Gasteiger partial charge in [-0.1, -0.05) is 6.07 Å². The molecule has 0 aromatic heterocycles. The molecule has 1 atom stereocenters. The zero-order chi connectivity index (χ0) is 18.2. The Morgan fingerprint density at radius 1 is 1.12 bits per heavy atom. The maximum Gasteiger partial charge on any atom is 0.262 e. The van der Waals surface area contributed by atoms with E-state index in [1.165, 1.54) is 0 Å². The lowest BCUT2D eigenvalue weighted by Crippen LogP contribution is -2.20. The van der Waals surface area contributed by atoms with Crippen molar-refractivity contribution in [2.24, 2.45) is 0 Å². The van der Waals surface area contributed by atoms with Crippen LogP contribution >= 0.6 is 0 Å². The number of rotatable bonds is 8. The molecular weight excluding hydrogens is 334 g/mol. The van der Waals surface area contributed by atoms with Gasteiger partial charge in [0.2, 0.25) is 0 Å². The molecule has 1 N–H and O–H groups in total. The van der Waals surface area contributed by atoms with Crippen molar-refractivity contribution in [2.45, 2.75) is 18.9 Å². The third kappa shape index (κ3) is 5.39. The van der Waals surface area contributed by atoms with Crippen LogP contribution in [-0.2, 0) is 9.53 Å². The third-order valence-electron chi connectivity index (χ3n) is 4.01. The highest BCUT2D eigenvalue weighted by molar-refractivity contribution is 5.92. The second kappa shape index (κ2) is 9.10. The minimum absolute atomic E-state index is 0.0761. The Hall–Kier alpha value is -2.73. The molecule has 0 saturated carbocycles. The van der Waals surface area contributed by atoms with E-state index in [1.807, 2.05) is 18.2 Å². The number of ether oxygens (including phenoxy) is 4. The van der Waals surface area contributed by atoms with Crippen molar-refractivity contribution in [2.75, 3.05) is 32.2 Å². The first kappa shape index (κ1) is 18.1. The molecular formula is C20H23NO5. The number of methoxy groups -OCH3 is 1. The first-order valence-electron chi connectivity index (χ1n) is 8.64. The van der Waals surface area contributed by atoms with Gasteiger partial charge in [-0.25, -0.2) is 0 Å². The van der Waals surface area contributed by atoms with E-state index in [-0.39, 0.29) is 18.6 Å². The number of anilines is 1. The average molecular weight is 357 g/mol. The van der Waals surface area contributed by atoms with E-state index in [2.05, 4.69) is 5.32 Å². The molecule has 1 saturated heterocycles. The van der Waals surface area contributed by atoms with Crippen LogP contribution in [0.4, 0.5) is 5.69 Å².